The molecule has 7 heteroatoms. The van der Waals surface area contributed by atoms with Gasteiger partial charge in [0.05, 0.1) is 12.7 Å². The van der Waals surface area contributed by atoms with Crippen molar-refractivity contribution >= 4 is 23.4 Å². The SMILES string of the molecule is CC(C)C1CN(c2noc(-c3ccc(Cl)cc3)c2C(=O)O)CCO1. The van der Waals surface area contributed by atoms with Gasteiger partial charge in [-0.15, -0.1) is 0 Å². The molecule has 2 heterocycles. The van der Waals surface area contributed by atoms with Crippen LogP contribution in [-0.4, -0.2) is 42.0 Å². The second-order valence-electron chi connectivity index (χ2n) is 6.12. The smallest absolute Gasteiger partial charge is 0.343 e. The first-order chi connectivity index (χ1) is 11.5. The molecular formula is C17H19ClN2O4. The number of morpholine rings is 1. The molecule has 24 heavy (non-hydrogen) atoms. The summed E-state index contributed by atoms with van der Waals surface area (Å²) in [6, 6.07) is 6.81. The number of aromatic nitrogens is 1. The summed E-state index contributed by atoms with van der Waals surface area (Å²) in [5.74, 6) is -0.143. The number of anilines is 1. The maximum absolute atomic E-state index is 11.8. The first kappa shape index (κ1) is 16.8. The van der Waals surface area contributed by atoms with E-state index in [9.17, 15) is 9.90 Å². The average Bonchev–Trinajstić information content (AvgIpc) is 3.01. The van der Waals surface area contributed by atoms with E-state index in [1.54, 1.807) is 24.3 Å². The second-order valence-corrected chi connectivity index (χ2v) is 6.56. The minimum absolute atomic E-state index is 0.0380. The van der Waals surface area contributed by atoms with Crippen molar-refractivity contribution in [2.75, 3.05) is 24.6 Å². The topological polar surface area (TPSA) is 75.8 Å². The summed E-state index contributed by atoms with van der Waals surface area (Å²) in [6.45, 7) is 5.86. The fourth-order valence-corrected chi connectivity index (χ4v) is 2.89. The van der Waals surface area contributed by atoms with Crippen LogP contribution in [0.4, 0.5) is 5.82 Å². The standard InChI is InChI=1S/C17H19ClN2O4/c1-10(2)13-9-20(7-8-23-13)16-14(17(21)22)15(24-19-16)11-3-5-12(18)6-4-11/h3-6,10,13H,7-9H2,1-2H3,(H,21,22). The number of hydrogen-bond donors (Lipinski definition) is 1. The van der Waals surface area contributed by atoms with Gasteiger partial charge in [0.1, 0.15) is 0 Å². The predicted octanol–water partition coefficient (Wildman–Crippen LogP) is 3.55. The van der Waals surface area contributed by atoms with Gasteiger partial charge in [-0.25, -0.2) is 4.79 Å². The minimum Gasteiger partial charge on any atom is -0.477 e. The van der Waals surface area contributed by atoms with E-state index in [4.69, 9.17) is 20.9 Å². The van der Waals surface area contributed by atoms with Crippen LogP contribution in [0.3, 0.4) is 0 Å². The molecule has 1 fully saturated rings. The van der Waals surface area contributed by atoms with Crippen LogP contribution in [0.15, 0.2) is 28.8 Å². The molecule has 1 unspecified atom stereocenters. The van der Waals surface area contributed by atoms with Gasteiger partial charge >= 0.3 is 5.97 Å². The van der Waals surface area contributed by atoms with Crippen LogP contribution in [0, 0.1) is 5.92 Å². The molecule has 128 valence electrons. The largest absolute Gasteiger partial charge is 0.477 e. The molecule has 3 rings (SSSR count). The van der Waals surface area contributed by atoms with E-state index >= 15 is 0 Å². The zero-order valence-corrected chi connectivity index (χ0v) is 14.3. The highest BCUT2D eigenvalue weighted by Gasteiger charge is 2.31. The van der Waals surface area contributed by atoms with Crippen LogP contribution in [0.5, 0.6) is 0 Å². The summed E-state index contributed by atoms with van der Waals surface area (Å²) in [4.78, 5) is 13.7. The van der Waals surface area contributed by atoms with Gasteiger partial charge in [-0.2, -0.15) is 0 Å². The normalized spacial score (nSPS) is 18.2. The van der Waals surface area contributed by atoms with Crippen molar-refractivity contribution in [1.82, 2.24) is 5.16 Å². The molecule has 0 aliphatic carbocycles. The van der Waals surface area contributed by atoms with Crippen LogP contribution in [-0.2, 0) is 4.74 Å². The van der Waals surface area contributed by atoms with Crippen molar-refractivity contribution in [2.24, 2.45) is 5.92 Å². The maximum atomic E-state index is 11.8. The summed E-state index contributed by atoms with van der Waals surface area (Å²) in [5.41, 5.74) is 0.700. The van der Waals surface area contributed by atoms with E-state index in [2.05, 4.69) is 19.0 Å². The summed E-state index contributed by atoms with van der Waals surface area (Å²) >= 11 is 5.89. The van der Waals surface area contributed by atoms with E-state index < -0.39 is 5.97 Å². The Morgan fingerprint density at radius 3 is 2.71 bits per heavy atom. The second kappa shape index (κ2) is 6.83. The lowest BCUT2D eigenvalue weighted by Crippen LogP contribution is -2.45. The predicted molar refractivity (Wildman–Crippen MR) is 90.7 cm³/mol. The summed E-state index contributed by atoms with van der Waals surface area (Å²) in [5, 5.41) is 14.3. The number of hydrogen-bond acceptors (Lipinski definition) is 5. The van der Waals surface area contributed by atoms with Crippen molar-refractivity contribution in [3.8, 4) is 11.3 Å². The number of carboxylic acids is 1. The molecule has 1 aliphatic heterocycles. The van der Waals surface area contributed by atoms with Crippen LogP contribution in [0.1, 0.15) is 24.2 Å². The van der Waals surface area contributed by atoms with Gasteiger partial charge in [0, 0.05) is 23.7 Å². The lowest BCUT2D eigenvalue weighted by atomic mass is 10.0. The third-order valence-electron chi connectivity index (χ3n) is 4.13. The first-order valence-corrected chi connectivity index (χ1v) is 8.20. The van der Waals surface area contributed by atoms with Crippen LogP contribution < -0.4 is 4.90 Å². The third kappa shape index (κ3) is 3.25. The van der Waals surface area contributed by atoms with E-state index in [1.165, 1.54) is 0 Å². The quantitative estimate of drug-likeness (QED) is 0.908. The molecule has 1 aliphatic rings. The van der Waals surface area contributed by atoms with Gasteiger partial charge in [0.2, 0.25) is 0 Å². The van der Waals surface area contributed by atoms with Crippen molar-refractivity contribution in [1.29, 1.82) is 0 Å². The molecule has 6 nitrogen and oxygen atoms in total. The summed E-state index contributed by atoms with van der Waals surface area (Å²) in [6.07, 6.45) is 0.0380. The lowest BCUT2D eigenvalue weighted by molar-refractivity contribution is 0.0109. The maximum Gasteiger partial charge on any atom is 0.343 e. The lowest BCUT2D eigenvalue weighted by Gasteiger charge is -2.34. The molecule has 1 aromatic heterocycles. The Kier molecular flexibility index (Phi) is 4.78. The molecule has 2 aromatic rings. The number of carbonyl (C=O) groups is 1. The number of rotatable bonds is 4. The van der Waals surface area contributed by atoms with Gasteiger partial charge in [0.15, 0.2) is 17.1 Å². The van der Waals surface area contributed by atoms with Crippen molar-refractivity contribution < 1.29 is 19.2 Å². The Bertz CT molecular complexity index is 727. The van der Waals surface area contributed by atoms with Crippen molar-refractivity contribution in [2.45, 2.75) is 20.0 Å². The Morgan fingerprint density at radius 1 is 1.38 bits per heavy atom. The van der Waals surface area contributed by atoms with Crippen LogP contribution in [0.2, 0.25) is 5.02 Å². The number of ether oxygens (including phenoxy) is 1. The molecule has 0 spiro atoms. The molecule has 0 bridgehead atoms. The molecule has 1 saturated heterocycles. The van der Waals surface area contributed by atoms with Gasteiger partial charge < -0.3 is 19.3 Å². The molecule has 1 atom stereocenters. The number of halogens is 1. The number of nitrogens with zero attached hydrogens (tertiary/aromatic N) is 2. The molecule has 0 radical (unpaired) electrons. The Morgan fingerprint density at radius 2 is 2.08 bits per heavy atom. The molecule has 0 saturated carbocycles. The Labute approximate surface area is 144 Å². The van der Waals surface area contributed by atoms with E-state index in [-0.39, 0.29) is 17.4 Å². The minimum atomic E-state index is -1.07. The van der Waals surface area contributed by atoms with Crippen LogP contribution in [0.25, 0.3) is 11.3 Å². The summed E-state index contributed by atoms with van der Waals surface area (Å²) in [7, 11) is 0. The third-order valence-corrected chi connectivity index (χ3v) is 4.38. The van der Waals surface area contributed by atoms with Gasteiger partial charge in [0.25, 0.3) is 0 Å². The van der Waals surface area contributed by atoms with Gasteiger partial charge in [-0.1, -0.05) is 30.6 Å². The first-order valence-electron chi connectivity index (χ1n) is 7.83. The average molecular weight is 351 g/mol. The van der Waals surface area contributed by atoms with Crippen molar-refractivity contribution in [3.05, 3.63) is 34.9 Å². The van der Waals surface area contributed by atoms with Crippen LogP contribution >= 0.6 is 11.6 Å². The van der Waals surface area contributed by atoms with Gasteiger partial charge in [-0.05, 0) is 30.2 Å². The highest BCUT2D eigenvalue weighted by molar-refractivity contribution is 6.30. The highest BCUT2D eigenvalue weighted by Crippen LogP contribution is 2.33. The zero-order valence-electron chi connectivity index (χ0n) is 13.5. The number of aromatic carboxylic acids is 1. The number of carboxylic acid groups (broad SMARTS) is 1. The summed E-state index contributed by atoms with van der Waals surface area (Å²) < 4.78 is 11.1. The molecular weight excluding hydrogens is 332 g/mol. The van der Waals surface area contributed by atoms with E-state index in [0.29, 0.717) is 42.0 Å². The molecule has 1 N–H and O–H groups in total. The highest BCUT2D eigenvalue weighted by atomic mass is 35.5. The monoisotopic (exact) mass is 350 g/mol. The van der Waals surface area contributed by atoms with E-state index in [0.717, 1.165) is 0 Å². The fraction of sp³-hybridized carbons (Fsp3) is 0.412. The Hall–Kier alpha value is -2.05. The fourth-order valence-electron chi connectivity index (χ4n) is 2.76. The van der Waals surface area contributed by atoms with E-state index in [1.807, 2.05) is 4.90 Å². The van der Waals surface area contributed by atoms with Gasteiger partial charge in [-0.3, -0.25) is 0 Å². The zero-order chi connectivity index (χ0) is 17.3. The Balaban J connectivity index is 1.97. The number of benzene rings is 1. The van der Waals surface area contributed by atoms with Crippen molar-refractivity contribution in [3.63, 3.8) is 0 Å². The molecule has 1 aromatic carbocycles. The molecule has 0 amide bonds.